The molecule has 21 heavy (non-hydrogen) atoms. The molecule has 0 bridgehead atoms. The summed E-state index contributed by atoms with van der Waals surface area (Å²) in [6, 6.07) is 0.471. The first-order chi connectivity index (χ1) is 10.1. The van der Waals surface area contributed by atoms with Crippen LogP contribution in [0.5, 0.6) is 0 Å². The zero-order valence-corrected chi connectivity index (χ0v) is 12.9. The van der Waals surface area contributed by atoms with E-state index in [2.05, 4.69) is 20.6 Å². The topological polar surface area (TPSA) is 70.2 Å². The monoisotopic (exact) mass is 291 g/mol. The molecule has 1 aliphatic rings. The molecule has 1 fully saturated rings. The molecule has 6 heteroatoms. The van der Waals surface area contributed by atoms with Gasteiger partial charge in [0.05, 0.1) is 5.56 Å². The minimum Gasteiger partial charge on any atom is -0.351 e. The van der Waals surface area contributed by atoms with Crippen LogP contribution in [-0.4, -0.2) is 54.0 Å². The lowest BCUT2D eigenvalue weighted by atomic mass is 9.96. The van der Waals surface area contributed by atoms with Crippen molar-refractivity contribution in [3.63, 3.8) is 0 Å². The van der Waals surface area contributed by atoms with E-state index in [4.69, 9.17) is 0 Å². The number of anilines is 1. The number of likely N-dealkylation sites (N-methyl/N-ethyl adjacent to an activating group) is 1. The third-order valence-corrected chi connectivity index (χ3v) is 3.70. The maximum absolute atomic E-state index is 11.9. The first-order valence-corrected chi connectivity index (χ1v) is 7.66. The molecule has 0 spiro atoms. The Morgan fingerprint density at radius 3 is 2.52 bits per heavy atom. The fourth-order valence-electron chi connectivity index (χ4n) is 2.44. The molecule has 0 unspecified atom stereocenters. The lowest BCUT2D eigenvalue weighted by molar-refractivity contribution is 0.0950. The molecule has 116 valence electrons. The Kier molecular flexibility index (Phi) is 5.92. The minimum absolute atomic E-state index is 0.124. The molecule has 2 rings (SSSR count). The summed E-state index contributed by atoms with van der Waals surface area (Å²) in [5.74, 6) is 0.493. The van der Waals surface area contributed by atoms with Gasteiger partial charge in [0.15, 0.2) is 0 Å². The van der Waals surface area contributed by atoms with E-state index in [1.165, 1.54) is 32.1 Å². The average Bonchev–Trinajstić information content (AvgIpc) is 2.48. The van der Waals surface area contributed by atoms with Crippen molar-refractivity contribution in [2.75, 3.05) is 32.5 Å². The third-order valence-electron chi connectivity index (χ3n) is 3.70. The van der Waals surface area contributed by atoms with Gasteiger partial charge in [0.25, 0.3) is 5.91 Å². The highest BCUT2D eigenvalue weighted by Gasteiger charge is 2.14. The van der Waals surface area contributed by atoms with Gasteiger partial charge < -0.3 is 15.5 Å². The Bertz CT molecular complexity index is 440. The Balaban J connectivity index is 1.81. The molecule has 1 aliphatic carbocycles. The fraction of sp³-hybridized carbons (Fsp3) is 0.667. The summed E-state index contributed by atoms with van der Waals surface area (Å²) in [5.41, 5.74) is 0.503. The second-order valence-electron chi connectivity index (χ2n) is 5.83. The Hall–Kier alpha value is -1.69. The summed E-state index contributed by atoms with van der Waals surface area (Å²) in [6.07, 6.45) is 9.39. The quantitative estimate of drug-likeness (QED) is 0.831. The predicted molar refractivity (Wildman–Crippen MR) is 83.4 cm³/mol. The van der Waals surface area contributed by atoms with E-state index < -0.39 is 0 Å². The van der Waals surface area contributed by atoms with E-state index in [0.29, 0.717) is 24.1 Å². The second-order valence-corrected chi connectivity index (χ2v) is 5.83. The van der Waals surface area contributed by atoms with Crippen molar-refractivity contribution < 1.29 is 4.79 Å². The molecule has 1 heterocycles. The number of nitrogens with one attached hydrogen (secondary N) is 2. The normalized spacial score (nSPS) is 16.0. The number of amides is 1. The van der Waals surface area contributed by atoms with Crippen molar-refractivity contribution in [3.05, 3.63) is 18.0 Å². The number of hydrogen-bond donors (Lipinski definition) is 2. The van der Waals surface area contributed by atoms with Crippen molar-refractivity contribution >= 4 is 11.9 Å². The standard InChI is InChI=1S/C15H25N5O/c1-20(2)9-8-16-14(21)12-10-17-15(18-11-12)19-13-6-4-3-5-7-13/h10-11,13H,3-9H2,1-2H3,(H,16,21)(H,17,18,19). The Morgan fingerprint density at radius 1 is 1.24 bits per heavy atom. The highest BCUT2D eigenvalue weighted by Crippen LogP contribution is 2.19. The molecular weight excluding hydrogens is 266 g/mol. The van der Waals surface area contributed by atoms with Gasteiger partial charge in [-0.25, -0.2) is 9.97 Å². The Morgan fingerprint density at radius 2 is 1.90 bits per heavy atom. The van der Waals surface area contributed by atoms with Gasteiger partial charge in [-0.05, 0) is 26.9 Å². The molecule has 0 aliphatic heterocycles. The van der Waals surface area contributed by atoms with Crippen LogP contribution < -0.4 is 10.6 Å². The zero-order valence-electron chi connectivity index (χ0n) is 12.9. The number of nitrogens with zero attached hydrogens (tertiary/aromatic N) is 3. The molecule has 1 aromatic rings. The van der Waals surface area contributed by atoms with Crippen LogP contribution in [0.25, 0.3) is 0 Å². The SMILES string of the molecule is CN(C)CCNC(=O)c1cnc(NC2CCCCC2)nc1. The van der Waals surface area contributed by atoms with Crippen LogP contribution in [-0.2, 0) is 0 Å². The maximum Gasteiger partial charge on any atom is 0.254 e. The van der Waals surface area contributed by atoms with E-state index in [1.807, 2.05) is 19.0 Å². The van der Waals surface area contributed by atoms with Gasteiger partial charge >= 0.3 is 0 Å². The zero-order chi connectivity index (χ0) is 15.1. The number of aromatic nitrogens is 2. The van der Waals surface area contributed by atoms with E-state index in [-0.39, 0.29) is 5.91 Å². The van der Waals surface area contributed by atoms with E-state index in [0.717, 1.165) is 6.54 Å². The van der Waals surface area contributed by atoms with Gasteiger partial charge in [-0.3, -0.25) is 4.79 Å². The fourth-order valence-corrected chi connectivity index (χ4v) is 2.44. The van der Waals surface area contributed by atoms with E-state index >= 15 is 0 Å². The van der Waals surface area contributed by atoms with Crippen LogP contribution in [0.2, 0.25) is 0 Å². The molecule has 1 amide bonds. The van der Waals surface area contributed by atoms with Crippen molar-refractivity contribution in [3.8, 4) is 0 Å². The summed E-state index contributed by atoms with van der Waals surface area (Å²) in [6.45, 7) is 1.43. The summed E-state index contributed by atoms with van der Waals surface area (Å²) >= 11 is 0. The van der Waals surface area contributed by atoms with Crippen LogP contribution in [0.15, 0.2) is 12.4 Å². The van der Waals surface area contributed by atoms with Gasteiger partial charge in [-0.2, -0.15) is 0 Å². The smallest absolute Gasteiger partial charge is 0.254 e. The molecular formula is C15H25N5O. The van der Waals surface area contributed by atoms with Crippen molar-refractivity contribution in [2.24, 2.45) is 0 Å². The Labute approximate surface area is 126 Å². The molecule has 1 aromatic heterocycles. The molecule has 0 aromatic carbocycles. The van der Waals surface area contributed by atoms with Crippen molar-refractivity contribution in [1.82, 2.24) is 20.2 Å². The molecule has 0 radical (unpaired) electrons. The minimum atomic E-state index is -0.124. The summed E-state index contributed by atoms with van der Waals surface area (Å²) < 4.78 is 0. The highest BCUT2D eigenvalue weighted by molar-refractivity contribution is 5.93. The van der Waals surface area contributed by atoms with Crippen molar-refractivity contribution in [2.45, 2.75) is 38.1 Å². The van der Waals surface area contributed by atoms with Gasteiger partial charge in [-0.15, -0.1) is 0 Å². The number of hydrogen-bond acceptors (Lipinski definition) is 5. The summed E-state index contributed by atoms with van der Waals surface area (Å²) in [5, 5.41) is 6.19. The van der Waals surface area contributed by atoms with Gasteiger partial charge in [0.1, 0.15) is 0 Å². The lowest BCUT2D eigenvalue weighted by Crippen LogP contribution is -2.31. The highest BCUT2D eigenvalue weighted by atomic mass is 16.1. The van der Waals surface area contributed by atoms with Crippen LogP contribution in [0, 0.1) is 0 Å². The largest absolute Gasteiger partial charge is 0.351 e. The second kappa shape index (κ2) is 7.93. The molecule has 6 nitrogen and oxygen atoms in total. The first-order valence-electron chi connectivity index (χ1n) is 7.66. The van der Waals surface area contributed by atoms with Crippen LogP contribution >= 0.6 is 0 Å². The van der Waals surface area contributed by atoms with Crippen LogP contribution in [0.4, 0.5) is 5.95 Å². The molecule has 2 N–H and O–H groups in total. The van der Waals surface area contributed by atoms with E-state index in [9.17, 15) is 4.79 Å². The van der Waals surface area contributed by atoms with Gasteiger partial charge in [0.2, 0.25) is 5.95 Å². The van der Waals surface area contributed by atoms with Crippen molar-refractivity contribution in [1.29, 1.82) is 0 Å². The number of rotatable bonds is 6. The predicted octanol–water partition coefficient (Wildman–Crippen LogP) is 1.51. The van der Waals surface area contributed by atoms with E-state index in [1.54, 1.807) is 12.4 Å². The number of carbonyl (C=O) groups is 1. The summed E-state index contributed by atoms with van der Waals surface area (Å²) in [4.78, 5) is 22.4. The first kappa shape index (κ1) is 15.7. The molecule has 1 saturated carbocycles. The number of carbonyl (C=O) groups excluding carboxylic acids is 1. The molecule has 0 atom stereocenters. The van der Waals surface area contributed by atoms with Gasteiger partial charge in [-0.1, -0.05) is 19.3 Å². The third kappa shape index (κ3) is 5.30. The average molecular weight is 291 g/mol. The van der Waals surface area contributed by atoms with Crippen LogP contribution in [0.1, 0.15) is 42.5 Å². The summed E-state index contributed by atoms with van der Waals surface area (Å²) in [7, 11) is 3.95. The lowest BCUT2D eigenvalue weighted by Gasteiger charge is -2.22. The molecule has 0 saturated heterocycles. The maximum atomic E-state index is 11.9. The van der Waals surface area contributed by atoms with Gasteiger partial charge in [0, 0.05) is 31.5 Å². The van der Waals surface area contributed by atoms with Crippen LogP contribution in [0.3, 0.4) is 0 Å².